The van der Waals surface area contributed by atoms with Crippen molar-refractivity contribution in [1.29, 1.82) is 0 Å². The molecule has 2 aliphatic rings. The molecular weight excluding hydrogens is 327 g/mol. The van der Waals surface area contributed by atoms with Gasteiger partial charge in [-0.25, -0.2) is 8.42 Å². The lowest BCUT2D eigenvalue weighted by atomic mass is 9.79. The molecular formula is C16H20F3NO2S. The van der Waals surface area contributed by atoms with Crippen molar-refractivity contribution in [3.05, 3.63) is 29.3 Å². The Kier molecular flexibility index (Phi) is 3.99. The second-order valence-corrected chi connectivity index (χ2v) is 9.00. The standard InChI is InChI=1S/C16H20F3NO2S/c1-23(21,22)14-3-2-11(7-13(14)16(17,18)19)6-12-4-5-15(8-12)9-20-10-15/h2-3,7,12,20H,4-6,8-10H2,1H3. The predicted molar refractivity (Wildman–Crippen MR) is 80.9 cm³/mol. The number of nitrogens with one attached hydrogen (secondary N) is 1. The molecule has 1 aromatic carbocycles. The van der Waals surface area contributed by atoms with Crippen LogP contribution in [0, 0.1) is 11.3 Å². The molecule has 3 nitrogen and oxygen atoms in total. The van der Waals surface area contributed by atoms with E-state index in [9.17, 15) is 21.6 Å². The minimum Gasteiger partial charge on any atom is -0.316 e. The van der Waals surface area contributed by atoms with Gasteiger partial charge in [0.1, 0.15) is 0 Å². The monoisotopic (exact) mass is 347 g/mol. The van der Waals surface area contributed by atoms with E-state index >= 15 is 0 Å². The number of hydrogen-bond acceptors (Lipinski definition) is 3. The van der Waals surface area contributed by atoms with Crippen LogP contribution in [0.25, 0.3) is 0 Å². The lowest BCUT2D eigenvalue weighted by molar-refractivity contribution is -0.139. The van der Waals surface area contributed by atoms with Gasteiger partial charge in [-0.1, -0.05) is 6.07 Å². The fourth-order valence-corrected chi connectivity index (χ4v) is 4.77. The van der Waals surface area contributed by atoms with Crippen LogP contribution in [-0.4, -0.2) is 27.8 Å². The minimum absolute atomic E-state index is 0.351. The third kappa shape index (κ3) is 3.40. The van der Waals surface area contributed by atoms with E-state index in [0.29, 0.717) is 23.3 Å². The minimum atomic E-state index is -4.66. The average molecular weight is 347 g/mol. The van der Waals surface area contributed by atoms with Gasteiger partial charge < -0.3 is 5.32 Å². The maximum atomic E-state index is 13.2. The molecule has 1 aliphatic heterocycles. The highest BCUT2D eigenvalue weighted by molar-refractivity contribution is 7.90. The summed E-state index contributed by atoms with van der Waals surface area (Å²) >= 11 is 0. The molecule has 1 saturated heterocycles. The average Bonchev–Trinajstić information content (AvgIpc) is 2.80. The van der Waals surface area contributed by atoms with E-state index in [0.717, 1.165) is 50.7 Å². The van der Waals surface area contributed by atoms with Gasteiger partial charge in [-0.2, -0.15) is 13.2 Å². The largest absolute Gasteiger partial charge is 0.417 e. The lowest BCUT2D eigenvalue weighted by Crippen LogP contribution is -2.51. The zero-order valence-electron chi connectivity index (χ0n) is 12.9. The van der Waals surface area contributed by atoms with Gasteiger partial charge in [-0.15, -0.1) is 0 Å². The first-order valence-corrected chi connectivity index (χ1v) is 9.59. The Morgan fingerprint density at radius 2 is 2.00 bits per heavy atom. The molecule has 1 saturated carbocycles. The number of halogens is 3. The van der Waals surface area contributed by atoms with Crippen molar-refractivity contribution in [3.8, 4) is 0 Å². The van der Waals surface area contributed by atoms with Crippen molar-refractivity contribution in [1.82, 2.24) is 5.32 Å². The van der Waals surface area contributed by atoms with Gasteiger partial charge in [-0.3, -0.25) is 0 Å². The molecule has 128 valence electrons. The van der Waals surface area contributed by atoms with Gasteiger partial charge in [0.25, 0.3) is 0 Å². The zero-order valence-corrected chi connectivity index (χ0v) is 13.7. The molecule has 1 unspecified atom stereocenters. The van der Waals surface area contributed by atoms with E-state index in [4.69, 9.17) is 0 Å². The second-order valence-electron chi connectivity index (χ2n) is 7.02. The lowest BCUT2D eigenvalue weighted by Gasteiger charge is -2.39. The third-order valence-electron chi connectivity index (χ3n) is 5.08. The predicted octanol–water partition coefficient (Wildman–Crippen LogP) is 3.04. The molecule has 1 heterocycles. The van der Waals surface area contributed by atoms with Crippen LogP contribution in [0.4, 0.5) is 13.2 Å². The van der Waals surface area contributed by atoms with Gasteiger partial charge in [0.2, 0.25) is 0 Å². The Balaban J connectivity index is 1.84. The SMILES string of the molecule is CS(=O)(=O)c1ccc(CC2CCC3(CNC3)C2)cc1C(F)(F)F. The van der Waals surface area contributed by atoms with E-state index in [1.54, 1.807) is 0 Å². The Bertz CT molecular complexity index is 709. The Morgan fingerprint density at radius 3 is 2.48 bits per heavy atom. The first kappa shape index (κ1) is 16.8. The maximum absolute atomic E-state index is 13.2. The highest BCUT2D eigenvalue weighted by Gasteiger charge is 2.43. The Morgan fingerprint density at radius 1 is 1.30 bits per heavy atom. The topological polar surface area (TPSA) is 46.2 Å². The van der Waals surface area contributed by atoms with Gasteiger partial charge in [0.15, 0.2) is 9.84 Å². The normalized spacial score (nSPS) is 23.9. The van der Waals surface area contributed by atoms with Crippen LogP contribution in [0.15, 0.2) is 23.1 Å². The molecule has 0 radical (unpaired) electrons. The molecule has 1 aliphatic carbocycles. The first-order chi connectivity index (χ1) is 10.6. The summed E-state index contributed by atoms with van der Waals surface area (Å²) in [5, 5.41) is 3.27. The highest BCUT2D eigenvalue weighted by atomic mass is 32.2. The molecule has 2 fully saturated rings. The Hall–Kier alpha value is -1.08. The molecule has 1 atom stereocenters. The number of sulfone groups is 1. The van der Waals surface area contributed by atoms with Crippen molar-refractivity contribution in [2.24, 2.45) is 11.3 Å². The van der Waals surface area contributed by atoms with Crippen molar-refractivity contribution in [2.75, 3.05) is 19.3 Å². The van der Waals surface area contributed by atoms with E-state index in [2.05, 4.69) is 5.32 Å². The molecule has 0 bridgehead atoms. The fraction of sp³-hybridized carbons (Fsp3) is 0.625. The van der Waals surface area contributed by atoms with E-state index < -0.39 is 26.5 Å². The van der Waals surface area contributed by atoms with Crippen LogP contribution >= 0.6 is 0 Å². The fourth-order valence-electron chi connectivity index (χ4n) is 3.88. The second kappa shape index (κ2) is 5.48. The van der Waals surface area contributed by atoms with Gasteiger partial charge >= 0.3 is 6.18 Å². The van der Waals surface area contributed by atoms with Crippen molar-refractivity contribution < 1.29 is 21.6 Å². The number of hydrogen-bond donors (Lipinski definition) is 1. The summed E-state index contributed by atoms with van der Waals surface area (Å²) in [4.78, 5) is -0.639. The molecule has 3 rings (SSSR count). The van der Waals surface area contributed by atoms with Crippen molar-refractivity contribution >= 4 is 9.84 Å². The van der Waals surface area contributed by atoms with Crippen molar-refractivity contribution in [3.63, 3.8) is 0 Å². The van der Waals surface area contributed by atoms with Gasteiger partial charge in [-0.05, 0) is 54.7 Å². The zero-order chi connectivity index (χ0) is 16.9. The van der Waals surface area contributed by atoms with Crippen molar-refractivity contribution in [2.45, 2.75) is 36.8 Å². The van der Waals surface area contributed by atoms with E-state index in [-0.39, 0.29) is 0 Å². The molecule has 23 heavy (non-hydrogen) atoms. The number of benzene rings is 1. The summed E-state index contributed by atoms with van der Waals surface area (Å²) in [5.74, 6) is 0.377. The first-order valence-electron chi connectivity index (χ1n) is 7.70. The molecule has 1 N–H and O–H groups in total. The summed E-state index contributed by atoms with van der Waals surface area (Å²) in [6, 6.07) is 3.64. The summed E-state index contributed by atoms with van der Waals surface area (Å²) in [7, 11) is -3.90. The number of rotatable bonds is 3. The summed E-state index contributed by atoms with van der Waals surface area (Å²) < 4.78 is 62.7. The number of alkyl halides is 3. The van der Waals surface area contributed by atoms with E-state index in [1.165, 1.54) is 6.07 Å². The van der Waals surface area contributed by atoms with E-state index in [1.807, 2.05) is 0 Å². The maximum Gasteiger partial charge on any atom is 0.417 e. The smallest absolute Gasteiger partial charge is 0.316 e. The van der Waals surface area contributed by atoms with Gasteiger partial charge in [0.05, 0.1) is 10.5 Å². The summed E-state index contributed by atoms with van der Waals surface area (Å²) in [6.07, 6.45) is -0.0933. The summed E-state index contributed by atoms with van der Waals surface area (Å²) in [6.45, 7) is 2.01. The molecule has 7 heteroatoms. The highest BCUT2D eigenvalue weighted by Crippen LogP contribution is 2.46. The molecule has 1 aromatic rings. The third-order valence-corrected chi connectivity index (χ3v) is 6.23. The van der Waals surface area contributed by atoms with Crippen LogP contribution < -0.4 is 5.32 Å². The Labute approximate surface area is 134 Å². The van der Waals surface area contributed by atoms with Crippen LogP contribution in [0.3, 0.4) is 0 Å². The molecule has 1 spiro atoms. The quantitative estimate of drug-likeness (QED) is 0.914. The van der Waals surface area contributed by atoms with Crippen LogP contribution in [0.1, 0.15) is 30.4 Å². The van der Waals surface area contributed by atoms with Crippen LogP contribution in [0.5, 0.6) is 0 Å². The van der Waals surface area contributed by atoms with Gasteiger partial charge in [0, 0.05) is 19.3 Å². The summed E-state index contributed by atoms with van der Waals surface area (Å²) in [5.41, 5.74) is -0.126. The van der Waals surface area contributed by atoms with Crippen LogP contribution in [0.2, 0.25) is 0 Å². The van der Waals surface area contributed by atoms with Crippen LogP contribution in [-0.2, 0) is 22.4 Å². The molecule has 0 amide bonds. The molecule has 0 aromatic heterocycles.